The second kappa shape index (κ2) is 23.3. The van der Waals surface area contributed by atoms with Crippen molar-refractivity contribution in [1.82, 2.24) is 19.8 Å². The van der Waals surface area contributed by atoms with Crippen molar-refractivity contribution >= 4 is 112 Å². The number of hydrogen-bond donors (Lipinski definition) is 9. The van der Waals surface area contributed by atoms with E-state index in [0.29, 0.717) is 58.3 Å². The number of benzene rings is 3. The van der Waals surface area contributed by atoms with E-state index >= 15 is 0 Å². The molecule has 1 unspecified atom stereocenters. The number of carboxylic acids is 1. The van der Waals surface area contributed by atoms with E-state index in [4.69, 9.17) is 64.3 Å². The molecule has 5 aromatic rings. The van der Waals surface area contributed by atoms with Crippen molar-refractivity contribution in [2.45, 2.75) is 82.7 Å². The van der Waals surface area contributed by atoms with Gasteiger partial charge >= 0.3 is 32.2 Å². The van der Waals surface area contributed by atoms with Crippen molar-refractivity contribution in [1.29, 1.82) is 0 Å². The number of anilines is 3. The summed E-state index contributed by atoms with van der Waals surface area (Å²) in [5, 5.41) is 11.3. The van der Waals surface area contributed by atoms with Crippen LogP contribution in [-0.4, -0.2) is 147 Å². The Balaban J connectivity index is 0.00000118. The Morgan fingerprint density at radius 3 is 1.70 bits per heavy atom. The molecule has 5 aliphatic rings. The summed E-state index contributed by atoms with van der Waals surface area (Å²) in [6.45, 7) is 4.39. The molecule has 0 spiro atoms. The highest BCUT2D eigenvalue weighted by molar-refractivity contribution is 7.46. The number of primary amides is 1. The molecule has 12 N–H and O–H groups in total. The Hall–Kier alpha value is -7.13. The molecule has 24 nitrogen and oxygen atoms in total. The van der Waals surface area contributed by atoms with Crippen molar-refractivity contribution in [2.75, 3.05) is 67.2 Å². The molecule has 2 aliphatic heterocycles. The molecule has 82 heavy (non-hydrogen) atoms. The molecule has 2 aromatic heterocycles. The zero-order valence-corrected chi connectivity index (χ0v) is 47.0. The summed E-state index contributed by atoms with van der Waals surface area (Å²) in [5.74, 6) is -4.25. The Morgan fingerprint density at radius 1 is 0.793 bits per heavy atom. The number of aliphatic carboxylic acids is 1. The molecular formula is C52H60Cl2F3N10O14P. The van der Waals surface area contributed by atoms with Crippen LogP contribution in [0.25, 0.3) is 21.8 Å². The van der Waals surface area contributed by atoms with Gasteiger partial charge in [-0.15, -0.1) is 23.2 Å². The normalized spacial score (nSPS) is 20.3. The minimum Gasteiger partial charge on any atom is -0.475 e. The van der Waals surface area contributed by atoms with Gasteiger partial charge in [-0.1, -0.05) is 12.1 Å². The summed E-state index contributed by atoms with van der Waals surface area (Å²) in [4.78, 5) is 120. The molecule has 442 valence electrons. The fourth-order valence-electron chi connectivity index (χ4n) is 11.2. The summed E-state index contributed by atoms with van der Waals surface area (Å²) in [7, 11) is -1.91. The number of carboxylic acid groups (broad SMARTS) is 1. The highest BCUT2D eigenvalue weighted by Crippen LogP contribution is 2.75. The first-order valence-electron chi connectivity index (χ1n) is 25.5. The quantitative estimate of drug-likeness (QED) is 0.0351. The van der Waals surface area contributed by atoms with Gasteiger partial charge in [0.2, 0.25) is 23.6 Å². The van der Waals surface area contributed by atoms with Crippen LogP contribution in [0.15, 0.2) is 48.8 Å². The lowest BCUT2D eigenvalue weighted by molar-refractivity contribution is -0.205. The van der Waals surface area contributed by atoms with Gasteiger partial charge in [-0.3, -0.25) is 29.0 Å². The third kappa shape index (κ3) is 12.0. The number of H-pyrrole nitrogens is 2. The number of nitrogens with two attached hydrogens (primary N) is 3. The monoisotopic (exact) mass is 1210 g/mol. The standard InChI is InChI=1S/C50H59Cl2N10O12P.C2HF3O2/c1-25-17-56-41-35(73-48(68)60(4)12-11-59(3)47(67)72-21-27-5-7-30(8-6-27)58-44(64)32(54)10-9-31(53)43(55)63)13-33-39(37(25)41)28(15-51)19-61(33)45(65)49-22-50(23-49,24-49)46(66)62-20-29(16-52)40-34(62)14-36(74-75(69,70)71)42-38(40)26(2)18-57-42;3-2(4,5)1(6)7/h5-8,13-14,17-18,28-29,31-32,56-57H,9-12,15-16,19-24,53-54H2,1-4H3,(H2,55,63)(H,58,64)(H2,69,70,71);(H,6,7)/t28-,29-,31?,32+,49?,50?;/m1./s1. The van der Waals surface area contributed by atoms with E-state index in [1.165, 1.54) is 30.0 Å². The van der Waals surface area contributed by atoms with Crippen molar-refractivity contribution in [3.05, 3.63) is 76.6 Å². The minimum atomic E-state index is -5.08. The van der Waals surface area contributed by atoms with Gasteiger partial charge in [0, 0.05) is 105 Å². The minimum absolute atomic E-state index is 0.0723. The summed E-state index contributed by atoms with van der Waals surface area (Å²) in [6, 6.07) is 7.95. The second-order valence-electron chi connectivity index (χ2n) is 21.2. The Morgan fingerprint density at radius 2 is 1.24 bits per heavy atom. The number of halogens is 5. The Labute approximate surface area is 475 Å². The number of aromatic nitrogens is 2. The highest BCUT2D eigenvalue weighted by Gasteiger charge is 2.76. The van der Waals surface area contributed by atoms with E-state index in [9.17, 15) is 56.3 Å². The van der Waals surface area contributed by atoms with Crippen LogP contribution in [0.1, 0.15) is 71.8 Å². The average molecular weight is 1210 g/mol. The van der Waals surface area contributed by atoms with Gasteiger partial charge in [0.1, 0.15) is 6.61 Å². The zero-order chi connectivity index (χ0) is 60.1. The van der Waals surface area contributed by atoms with E-state index in [0.717, 1.165) is 27.6 Å². The maximum atomic E-state index is 14.8. The predicted octanol–water partition coefficient (Wildman–Crippen LogP) is 6.14. The SMILES string of the molecule is Cc1c[nH]c2c(OC(=O)N(C)CCN(C)C(=O)OCc3ccc(NC(=O)[C@@H](N)CCC(N)C(N)=O)cc3)cc3c(c12)[C@H](CCl)CN3C(=O)C12CC(C(=O)N3C[C@@H](CCl)c4c3cc(OP(=O)(O)O)c3[nH]cc(C)c43)(C1)C2.O=C(O)C(F)(F)F. The molecule has 4 atom stereocenters. The first-order valence-corrected chi connectivity index (χ1v) is 28.1. The number of phosphoric acid groups is 1. The van der Waals surface area contributed by atoms with Crippen LogP contribution in [0, 0.1) is 24.7 Å². The number of carbonyl (C=O) groups excluding carboxylic acids is 6. The number of nitrogens with zero attached hydrogens (tertiary/aromatic N) is 4. The zero-order valence-electron chi connectivity index (χ0n) is 44.6. The number of alkyl halides is 5. The lowest BCUT2D eigenvalue weighted by atomic mass is 9.34. The van der Waals surface area contributed by atoms with Gasteiger partial charge in [0.15, 0.2) is 11.5 Å². The molecule has 2 bridgehead atoms. The Kier molecular flexibility index (Phi) is 17.3. The molecule has 10 rings (SSSR count). The van der Waals surface area contributed by atoms with E-state index in [1.54, 1.807) is 52.5 Å². The molecule has 6 amide bonds. The van der Waals surface area contributed by atoms with Crippen molar-refractivity contribution < 1.29 is 80.2 Å². The fourth-order valence-corrected chi connectivity index (χ4v) is 12.1. The molecular weight excluding hydrogens is 1150 g/mol. The molecule has 3 aromatic carbocycles. The predicted molar refractivity (Wildman–Crippen MR) is 294 cm³/mol. The van der Waals surface area contributed by atoms with Gasteiger partial charge in [0.05, 0.1) is 45.3 Å². The van der Waals surface area contributed by atoms with Crippen LogP contribution in [-0.2, 0) is 39.9 Å². The van der Waals surface area contributed by atoms with Crippen molar-refractivity contribution in [2.24, 2.45) is 28.0 Å². The second-order valence-corrected chi connectivity index (χ2v) is 23.0. The summed E-state index contributed by atoms with van der Waals surface area (Å²) < 4.78 is 60.4. The number of aromatic amines is 2. The average Bonchev–Trinajstić information content (AvgIpc) is 1.27. The van der Waals surface area contributed by atoms with Gasteiger partial charge in [0.25, 0.3) is 0 Å². The first kappa shape index (κ1) is 61.0. The first-order chi connectivity index (χ1) is 38.4. The smallest absolute Gasteiger partial charge is 0.475 e. The molecule has 0 saturated heterocycles. The topological polar surface area (TPSA) is 360 Å². The number of likely N-dealkylation sites (N-methyl/N-ethyl adjacent to an activating group) is 2. The fraction of sp³-hybridized carbons (Fsp3) is 0.442. The number of hydrogen-bond acceptors (Lipinski definition) is 13. The van der Waals surface area contributed by atoms with Gasteiger partial charge in [-0.05, 0) is 85.9 Å². The maximum absolute atomic E-state index is 14.8. The van der Waals surface area contributed by atoms with E-state index in [-0.39, 0.29) is 92.5 Å². The van der Waals surface area contributed by atoms with Gasteiger partial charge in [-0.25, -0.2) is 18.9 Å². The largest absolute Gasteiger partial charge is 0.524 e. The number of fused-ring (bicyclic) bond motifs is 6. The molecule has 3 saturated carbocycles. The van der Waals surface area contributed by atoms with E-state index < -0.39 is 66.9 Å². The van der Waals surface area contributed by atoms with Crippen LogP contribution in [0.2, 0.25) is 0 Å². The van der Waals surface area contributed by atoms with Gasteiger partial charge in [-0.2, -0.15) is 13.2 Å². The lowest BCUT2D eigenvalue weighted by Crippen LogP contribution is -2.73. The number of rotatable bonds is 18. The number of nitrogens with one attached hydrogen (secondary N) is 3. The number of amides is 6. The molecule has 0 radical (unpaired) electrons. The third-order valence-electron chi connectivity index (χ3n) is 15.4. The number of phosphoric ester groups is 1. The van der Waals surface area contributed by atoms with Crippen molar-refractivity contribution in [3.8, 4) is 11.5 Å². The van der Waals surface area contributed by atoms with Crippen LogP contribution < -0.4 is 41.6 Å². The summed E-state index contributed by atoms with van der Waals surface area (Å²) in [6.07, 6.45) is -1.71. The van der Waals surface area contributed by atoms with Crippen LogP contribution in [0.5, 0.6) is 11.5 Å². The van der Waals surface area contributed by atoms with E-state index in [1.807, 2.05) is 13.8 Å². The third-order valence-corrected chi connectivity index (χ3v) is 16.6. The van der Waals surface area contributed by atoms with Crippen LogP contribution >= 0.6 is 31.0 Å². The summed E-state index contributed by atoms with van der Waals surface area (Å²) >= 11 is 13.1. The summed E-state index contributed by atoms with van der Waals surface area (Å²) in [5.41, 5.74) is 21.4. The van der Waals surface area contributed by atoms with Crippen molar-refractivity contribution in [3.63, 3.8) is 0 Å². The molecule has 3 aliphatic carbocycles. The lowest BCUT2D eigenvalue weighted by Gasteiger charge is -2.69. The van der Waals surface area contributed by atoms with E-state index in [2.05, 4.69) is 15.3 Å². The molecule has 4 heterocycles. The van der Waals surface area contributed by atoms with Gasteiger partial charge < -0.3 is 71.2 Å². The van der Waals surface area contributed by atoms with Crippen LogP contribution in [0.3, 0.4) is 0 Å². The highest BCUT2D eigenvalue weighted by atomic mass is 35.5. The molecule has 30 heteroatoms. The maximum Gasteiger partial charge on any atom is 0.524 e. The number of aryl methyl sites for hydroxylation is 2. The van der Waals surface area contributed by atoms with Crippen LogP contribution in [0.4, 0.5) is 39.8 Å². The molecule has 3 fully saturated rings. The number of carbonyl (C=O) groups is 7. The number of ether oxygens (including phenoxy) is 2. The Bertz CT molecular complexity index is 3410.